The molecule has 12 N–H and O–H groups in total. The van der Waals surface area contributed by atoms with Crippen LogP contribution < -0.4 is 22.9 Å². The summed E-state index contributed by atoms with van der Waals surface area (Å²) >= 11 is 0. The molecule has 0 aromatic rings. The van der Waals surface area contributed by atoms with Gasteiger partial charge >= 0.3 is 23.9 Å². The standard InChI is InChI=1S/2C6H13NO2.2C2H5NO2/c2*1-4(2)3-5(7)6(8)9;2*3-1-2(4)5/h2*4-5H,3,7H2,1-2H3,(H,8,9);2*1,3H2,(H,4,5)/t2*5-;;/m00../s1. The summed E-state index contributed by atoms with van der Waals surface area (Å²) in [6.07, 6.45) is 1.10. The molecular weight excluding hydrogens is 376 g/mol. The molecule has 0 rings (SSSR count). The molecule has 12 nitrogen and oxygen atoms in total. The predicted molar refractivity (Wildman–Crippen MR) is 104 cm³/mol. The summed E-state index contributed by atoms with van der Waals surface area (Å²) in [5, 5.41) is 31.8. The molecule has 2 atom stereocenters. The molecular formula is C16H36N4O8. The van der Waals surface area contributed by atoms with Gasteiger partial charge < -0.3 is 43.4 Å². The van der Waals surface area contributed by atoms with Crippen LogP contribution in [0.2, 0.25) is 0 Å². The van der Waals surface area contributed by atoms with Gasteiger partial charge in [0.1, 0.15) is 12.1 Å². The molecule has 0 aliphatic heterocycles. The Hall–Kier alpha value is -2.28. The average Bonchev–Trinajstić information content (AvgIpc) is 2.55. The van der Waals surface area contributed by atoms with Crippen LogP contribution >= 0.6 is 0 Å². The first-order chi connectivity index (χ1) is 12.6. The van der Waals surface area contributed by atoms with E-state index in [1.165, 1.54) is 0 Å². The van der Waals surface area contributed by atoms with Gasteiger partial charge in [-0.15, -0.1) is 0 Å². The molecule has 0 saturated heterocycles. The number of carboxylic acids is 4. The molecule has 168 valence electrons. The minimum Gasteiger partial charge on any atom is -0.480 e. The van der Waals surface area contributed by atoms with Crippen molar-refractivity contribution < 1.29 is 39.6 Å². The molecule has 0 aromatic carbocycles. The van der Waals surface area contributed by atoms with Gasteiger partial charge in [0.15, 0.2) is 0 Å². The third-order valence-corrected chi connectivity index (χ3v) is 2.43. The van der Waals surface area contributed by atoms with Crippen LogP contribution in [0.15, 0.2) is 0 Å². The quantitative estimate of drug-likeness (QED) is 0.237. The highest BCUT2D eigenvalue weighted by atomic mass is 16.4. The molecule has 0 radical (unpaired) electrons. The first-order valence-corrected chi connectivity index (χ1v) is 8.42. The van der Waals surface area contributed by atoms with Crippen molar-refractivity contribution in [2.45, 2.75) is 52.6 Å². The van der Waals surface area contributed by atoms with Crippen LogP contribution in [-0.2, 0) is 19.2 Å². The summed E-state index contributed by atoms with van der Waals surface area (Å²) in [6.45, 7) is 7.23. The third kappa shape index (κ3) is 39.0. The van der Waals surface area contributed by atoms with Gasteiger partial charge in [-0.05, 0) is 24.7 Å². The topological polar surface area (TPSA) is 253 Å². The molecule has 0 aliphatic rings. The number of aliphatic carboxylic acids is 4. The molecule has 0 aliphatic carbocycles. The number of nitrogens with two attached hydrogens (primary N) is 4. The summed E-state index contributed by atoms with van der Waals surface area (Å²) in [4.78, 5) is 38.7. The molecule has 0 heterocycles. The lowest BCUT2D eigenvalue weighted by Crippen LogP contribution is -2.31. The Kier molecular flexibility index (Phi) is 25.0. The van der Waals surface area contributed by atoms with E-state index >= 15 is 0 Å². The molecule has 0 unspecified atom stereocenters. The van der Waals surface area contributed by atoms with Gasteiger partial charge in [-0.25, -0.2) is 0 Å². The summed E-state index contributed by atoms with van der Waals surface area (Å²) in [7, 11) is 0. The van der Waals surface area contributed by atoms with Gasteiger partial charge in [-0.2, -0.15) is 0 Å². The molecule has 0 saturated carbocycles. The fraction of sp³-hybridized carbons (Fsp3) is 0.750. The number of carbonyl (C=O) groups is 4. The summed E-state index contributed by atoms with van der Waals surface area (Å²) in [5.41, 5.74) is 19.6. The zero-order chi connectivity index (χ0) is 23.4. The number of rotatable bonds is 8. The second-order valence-corrected chi connectivity index (χ2v) is 6.34. The number of hydrogen-bond acceptors (Lipinski definition) is 8. The summed E-state index contributed by atoms with van der Waals surface area (Å²) < 4.78 is 0. The van der Waals surface area contributed by atoms with Crippen molar-refractivity contribution in [2.75, 3.05) is 13.1 Å². The van der Waals surface area contributed by atoms with E-state index in [4.69, 9.17) is 31.9 Å². The van der Waals surface area contributed by atoms with E-state index in [0.29, 0.717) is 24.7 Å². The van der Waals surface area contributed by atoms with Crippen LogP contribution in [0.3, 0.4) is 0 Å². The zero-order valence-corrected chi connectivity index (χ0v) is 16.9. The maximum atomic E-state index is 10.1. The van der Waals surface area contributed by atoms with Crippen LogP contribution in [0.5, 0.6) is 0 Å². The molecule has 0 aromatic heterocycles. The lowest BCUT2D eigenvalue weighted by atomic mass is 10.1. The van der Waals surface area contributed by atoms with Gasteiger partial charge in [-0.3, -0.25) is 19.2 Å². The highest BCUT2D eigenvalue weighted by molar-refractivity contribution is 5.73. The SMILES string of the molecule is CC(C)C[C@H](N)C(=O)O.CC(C)C[C@H](N)C(=O)O.NCC(=O)O.NCC(=O)O. The summed E-state index contributed by atoms with van der Waals surface area (Å²) in [6, 6.07) is -1.38. The number of carboxylic acid groups (broad SMARTS) is 4. The second-order valence-electron chi connectivity index (χ2n) is 6.34. The summed E-state index contributed by atoms with van der Waals surface area (Å²) in [5.74, 6) is -3.05. The first kappa shape index (κ1) is 33.3. The van der Waals surface area contributed by atoms with E-state index < -0.39 is 36.0 Å². The van der Waals surface area contributed by atoms with Crippen LogP contribution in [0.4, 0.5) is 0 Å². The molecule has 12 heteroatoms. The average molecular weight is 412 g/mol. The Balaban J connectivity index is -0.000000143. The highest BCUT2D eigenvalue weighted by Gasteiger charge is 2.12. The largest absolute Gasteiger partial charge is 0.480 e. The second kappa shape index (κ2) is 21.0. The van der Waals surface area contributed by atoms with E-state index in [2.05, 4.69) is 11.5 Å². The molecule has 0 amide bonds. The minimum atomic E-state index is -0.968. The van der Waals surface area contributed by atoms with E-state index in [9.17, 15) is 19.2 Å². The molecule has 0 fully saturated rings. The first-order valence-electron chi connectivity index (χ1n) is 8.42. The fourth-order valence-electron chi connectivity index (χ4n) is 1.22. The van der Waals surface area contributed by atoms with E-state index in [-0.39, 0.29) is 13.1 Å². The van der Waals surface area contributed by atoms with Crippen molar-refractivity contribution in [3.63, 3.8) is 0 Å². The highest BCUT2D eigenvalue weighted by Crippen LogP contribution is 2.02. The zero-order valence-electron chi connectivity index (χ0n) is 16.9. The van der Waals surface area contributed by atoms with Crippen molar-refractivity contribution >= 4 is 23.9 Å². The van der Waals surface area contributed by atoms with Gasteiger partial charge in [0, 0.05) is 0 Å². The smallest absolute Gasteiger partial charge is 0.320 e. The Morgan fingerprint density at radius 1 is 0.643 bits per heavy atom. The van der Waals surface area contributed by atoms with Crippen molar-refractivity contribution in [1.82, 2.24) is 0 Å². The van der Waals surface area contributed by atoms with Crippen LogP contribution in [0.25, 0.3) is 0 Å². The van der Waals surface area contributed by atoms with Gasteiger partial charge in [0.05, 0.1) is 13.1 Å². The van der Waals surface area contributed by atoms with Gasteiger partial charge in [0.2, 0.25) is 0 Å². The van der Waals surface area contributed by atoms with Crippen LogP contribution in [0, 0.1) is 11.8 Å². The van der Waals surface area contributed by atoms with Crippen LogP contribution in [0.1, 0.15) is 40.5 Å². The van der Waals surface area contributed by atoms with E-state index in [1.54, 1.807) is 0 Å². The lowest BCUT2D eigenvalue weighted by Gasteiger charge is -2.07. The lowest BCUT2D eigenvalue weighted by molar-refractivity contribution is -0.139. The van der Waals surface area contributed by atoms with Crippen molar-refractivity contribution in [3.05, 3.63) is 0 Å². The molecule has 0 spiro atoms. The van der Waals surface area contributed by atoms with Gasteiger partial charge in [0.25, 0.3) is 0 Å². The van der Waals surface area contributed by atoms with Crippen LogP contribution in [-0.4, -0.2) is 69.5 Å². The van der Waals surface area contributed by atoms with Crippen molar-refractivity contribution in [2.24, 2.45) is 34.8 Å². The molecule has 28 heavy (non-hydrogen) atoms. The Bertz CT molecular complexity index is 404. The number of hydrogen-bond donors (Lipinski definition) is 8. The van der Waals surface area contributed by atoms with Crippen molar-refractivity contribution in [1.29, 1.82) is 0 Å². The maximum absolute atomic E-state index is 10.1. The Morgan fingerprint density at radius 3 is 0.857 bits per heavy atom. The van der Waals surface area contributed by atoms with E-state index in [1.807, 2.05) is 27.7 Å². The molecule has 0 bridgehead atoms. The Morgan fingerprint density at radius 2 is 0.821 bits per heavy atom. The third-order valence-electron chi connectivity index (χ3n) is 2.43. The van der Waals surface area contributed by atoms with E-state index in [0.717, 1.165) is 0 Å². The minimum absolute atomic E-state index is 0.278. The normalized spacial score (nSPS) is 11.5. The maximum Gasteiger partial charge on any atom is 0.320 e. The predicted octanol–water partition coefficient (Wildman–Crippen LogP) is -1.05. The van der Waals surface area contributed by atoms with Gasteiger partial charge in [-0.1, -0.05) is 27.7 Å². The van der Waals surface area contributed by atoms with Crippen molar-refractivity contribution in [3.8, 4) is 0 Å². The fourth-order valence-corrected chi connectivity index (χ4v) is 1.22. The monoisotopic (exact) mass is 412 g/mol. The Labute approximate surface area is 164 Å².